The number of ether oxygens (including phenoxy) is 4. The van der Waals surface area contributed by atoms with Crippen LogP contribution in [0.2, 0.25) is 0 Å². The predicted octanol–water partition coefficient (Wildman–Crippen LogP) is 5.23. The zero-order chi connectivity index (χ0) is 22.3. The molecule has 1 N–H and O–H groups in total. The molecular formula is C27H29NO4. The van der Waals surface area contributed by atoms with Crippen molar-refractivity contribution in [1.29, 1.82) is 0 Å². The largest absolute Gasteiger partial charge is 0.497 e. The molecule has 166 valence electrons. The summed E-state index contributed by atoms with van der Waals surface area (Å²) in [6, 6.07) is 20.0. The Labute approximate surface area is 189 Å². The molecule has 0 aromatic heterocycles. The van der Waals surface area contributed by atoms with Gasteiger partial charge in [0.2, 0.25) is 0 Å². The maximum atomic E-state index is 6.29. The molecule has 0 unspecified atom stereocenters. The molecule has 0 saturated carbocycles. The Morgan fingerprint density at radius 3 is 2.00 bits per heavy atom. The van der Waals surface area contributed by atoms with Gasteiger partial charge >= 0.3 is 0 Å². The smallest absolute Gasteiger partial charge is 0.128 e. The molecule has 0 amide bonds. The van der Waals surface area contributed by atoms with Crippen LogP contribution >= 0.6 is 0 Å². The van der Waals surface area contributed by atoms with Crippen molar-refractivity contribution in [3.8, 4) is 23.0 Å². The summed E-state index contributed by atoms with van der Waals surface area (Å²) in [5, 5.41) is 3.50. The molecule has 5 nitrogen and oxygen atoms in total. The zero-order valence-corrected chi connectivity index (χ0v) is 18.6. The van der Waals surface area contributed by atoms with Gasteiger partial charge in [-0.25, -0.2) is 0 Å². The van der Waals surface area contributed by atoms with Crippen molar-refractivity contribution in [3.63, 3.8) is 0 Å². The van der Waals surface area contributed by atoms with Crippen molar-refractivity contribution < 1.29 is 18.9 Å². The Morgan fingerprint density at radius 2 is 1.44 bits per heavy atom. The van der Waals surface area contributed by atoms with E-state index in [1.165, 1.54) is 5.56 Å². The molecule has 32 heavy (non-hydrogen) atoms. The van der Waals surface area contributed by atoms with Crippen LogP contribution in [-0.4, -0.2) is 20.8 Å². The van der Waals surface area contributed by atoms with Crippen molar-refractivity contribution >= 4 is 0 Å². The Kier molecular flexibility index (Phi) is 6.97. The first-order valence-corrected chi connectivity index (χ1v) is 10.7. The highest BCUT2D eigenvalue weighted by Gasteiger charge is 2.23. The fourth-order valence-electron chi connectivity index (χ4n) is 3.86. The van der Waals surface area contributed by atoms with Crippen molar-refractivity contribution in [2.75, 3.05) is 20.8 Å². The Balaban J connectivity index is 1.55. The first-order valence-electron chi connectivity index (χ1n) is 10.7. The lowest BCUT2D eigenvalue weighted by atomic mass is 9.93. The molecule has 4 rings (SSSR count). The van der Waals surface area contributed by atoms with E-state index >= 15 is 0 Å². The van der Waals surface area contributed by atoms with Gasteiger partial charge in [0.1, 0.15) is 36.2 Å². The Morgan fingerprint density at radius 1 is 0.844 bits per heavy atom. The lowest BCUT2D eigenvalue weighted by molar-refractivity contribution is 0.284. The SMILES string of the molecule is C=C[C@H]1NCCc2cc(OCc3ccc(OC)cc3)cc(OCc3ccc(OC)cc3)c21. The second-order valence-electron chi connectivity index (χ2n) is 7.69. The van der Waals surface area contributed by atoms with E-state index in [0.29, 0.717) is 13.2 Å². The second-order valence-corrected chi connectivity index (χ2v) is 7.69. The maximum absolute atomic E-state index is 6.29. The minimum absolute atomic E-state index is 0.0558. The number of rotatable bonds is 9. The van der Waals surface area contributed by atoms with Crippen LogP contribution in [-0.2, 0) is 19.6 Å². The molecule has 0 bridgehead atoms. The van der Waals surface area contributed by atoms with Gasteiger partial charge in [0.05, 0.1) is 20.3 Å². The summed E-state index contributed by atoms with van der Waals surface area (Å²) >= 11 is 0. The van der Waals surface area contributed by atoms with Crippen molar-refractivity contribution in [2.24, 2.45) is 0 Å². The number of nitrogens with one attached hydrogen (secondary N) is 1. The maximum Gasteiger partial charge on any atom is 0.128 e. The van der Waals surface area contributed by atoms with Crippen LogP contribution in [0.25, 0.3) is 0 Å². The summed E-state index contributed by atoms with van der Waals surface area (Å²) < 4.78 is 22.9. The number of hydrogen-bond donors (Lipinski definition) is 1. The van der Waals surface area contributed by atoms with Gasteiger partial charge in [0.15, 0.2) is 0 Å². The number of fused-ring (bicyclic) bond motifs is 1. The summed E-state index contributed by atoms with van der Waals surface area (Å²) in [5.74, 6) is 3.28. The normalized spacial score (nSPS) is 14.9. The average molecular weight is 432 g/mol. The second kappa shape index (κ2) is 10.2. The van der Waals surface area contributed by atoms with Crippen LogP contribution in [0.3, 0.4) is 0 Å². The van der Waals surface area contributed by atoms with E-state index in [4.69, 9.17) is 18.9 Å². The van der Waals surface area contributed by atoms with Crippen LogP contribution < -0.4 is 24.3 Å². The molecule has 0 saturated heterocycles. The molecule has 3 aromatic carbocycles. The lowest BCUT2D eigenvalue weighted by Crippen LogP contribution is -2.29. The highest BCUT2D eigenvalue weighted by molar-refractivity contribution is 5.51. The lowest BCUT2D eigenvalue weighted by Gasteiger charge is -2.27. The molecular weight excluding hydrogens is 402 g/mol. The van der Waals surface area contributed by atoms with E-state index in [0.717, 1.165) is 52.7 Å². The molecule has 1 atom stereocenters. The summed E-state index contributed by atoms with van der Waals surface area (Å²) in [7, 11) is 3.33. The highest BCUT2D eigenvalue weighted by atomic mass is 16.5. The predicted molar refractivity (Wildman–Crippen MR) is 126 cm³/mol. The molecule has 0 fully saturated rings. The highest BCUT2D eigenvalue weighted by Crippen LogP contribution is 2.37. The number of benzene rings is 3. The van der Waals surface area contributed by atoms with Gasteiger partial charge in [0, 0.05) is 18.2 Å². The van der Waals surface area contributed by atoms with Gasteiger partial charge in [-0.05, 0) is 53.4 Å². The molecule has 3 aromatic rings. The molecule has 1 aliphatic rings. The summed E-state index contributed by atoms with van der Waals surface area (Å²) in [6.45, 7) is 5.83. The van der Waals surface area contributed by atoms with Crippen molar-refractivity contribution in [3.05, 3.63) is 95.6 Å². The van der Waals surface area contributed by atoms with Gasteiger partial charge in [0.25, 0.3) is 0 Å². The Bertz CT molecular complexity index is 1040. The molecule has 0 spiro atoms. The van der Waals surface area contributed by atoms with Gasteiger partial charge in [-0.15, -0.1) is 6.58 Å². The molecule has 1 heterocycles. The quantitative estimate of drug-likeness (QED) is 0.470. The molecule has 5 heteroatoms. The minimum atomic E-state index is 0.0558. The first-order chi connectivity index (χ1) is 15.7. The summed E-state index contributed by atoms with van der Waals surface area (Å²) in [6.07, 6.45) is 2.84. The molecule has 0 aliphatic carbocycles. The van der Waals surface area contributed by atoms with E-state index in [9.17, 15) is 0 Å². The fraction of sp³-hybridized carbons (Fsp3) is 0.259. The number of methoxy groups -OCH3 is 2. The van der Waals surface area contributed by atoms with E-state index in [1.807, 2.05) is 60.7 Å². The Hall–Kier alpha value is -3.44. The third kappa shape index (κ3) is 5.06. The van der Waals surface area contributed by atoms with Crippen molar-refractivity contribution in [1.82, 2.24) is 5.32 Å². The van der Waals surface area contributed by atoms with E-state index in [1.54, 1.807) is 14.2 Å². The van der Waals surface area contributed by atoms with Crippen LogP contribution in [0.1, 0.15) is 28.3 Å². The van der Waals surface area contributed by atoms with Gasteiger partial charge in [-0.3, -0.25) is 0 Å². The third-order valence-electron chi connectivity index (χ3n) is 5.62. The van der Waals surface area contributed by atoms with E-state index in [-0.39, 0.29) is 6.04 Å². The van der Waals surface area contributed by atoms with Gasteiger partial charge in [-0.2, -0.15) is 0 Å². The van der Waals surface area contributed by atoms with E-state index in [2.05, 4.69) is 18.0 Å². The zero-order valence-electron chi connectivity index (χ0n) is 18.6. The van der Waals surface area contributed by atoms with Crippen molar-refractivity contribution in [2.45, 2.75) is 25.7 Å². The standard InChI is InChI=1S/C27H29NO4/c1-4-25-27-21(13-14-28-25)15-24(31-17-19-5-9-22(29-2)10-6-19)16-26(27)32-18-20-7-11-23(30-3)12-8-20/h4-12,15-16,25,28H,1,13-14,17-18H2,2-3H3/t25-/m1/s1. The van der Waals surface area contributed by atoms with Gasteiger partial charge < -0.3 is 24.3 Å². The molecule has 1 aliphatic heterocycles. The first kappa shape index (κ1) is 21.8. The third-order valence-corrected chi connectivity index (χ3v) is 5.62. The average Bonchev–Trinajstić information content (AvgIpc) is 2.86. The monoisotopic (exact) mass is 431 g/mol. The van der Waals surface area contributed by atoms with Crippen LogP contribution in [0, 0.1) is 0 Å². The summed E-state index contributed by atoms with van der Waals surface area (Å²) in [4.78, 5) is 0. The van der Waals surface area contributed by atoms with Crippen LogP contribution in [0.4, 0.5) is 0 Å². The number of hydrogen-bond acceptors (Lipinski definition) is 5. The minimum Gasteiger partial charge on any atom is -0.497 e. The summed E-state index contributed by atoms with van der Waals surface area (Å²) in [5.41, 5.74) is 4.51. The van der Waals surface area contributed by atoms with Gasteiger partial charge in [-0.1, -0.05) is 30.3 Å². The van der Waals surface area contributed by atoms with E-state index < -0.39 is 0 Å². The molecule has 0 radical (unpaired) electrons. The van der Waals surface area contributed by atoms with Crippen LogP contribution in [0.5, 0.6) is 23.0 Å². The van der Waals surface area contributed by atoms with Crippen LogP contribution in [0.15, 0.2) is 73.3 Å². The fourth-order valence-corrected chi connectivity index (χ4v) is 3.86. The topological polar surface area (TPSA) is 49.0 Å².